The highest BCUT2D eigenvalue weighted by atomic mass is 32.2. The second-order valence-corrected chi connectivity index (χ2v) is 8.39. The fourth-order valence-corrected chi connectivity index (χ4v) is 4.25. The van der Waals surface area contributed by atoms with E-state index < -0.39 is 15.7 Å². The van der Waals surface area contributed by atoms with Crippen LogP contribution in [0.3, 0.4) is 0 Å². The van der Waals surface area contributed by atoms with Crippen molar-refractivity contribution in [2.24, 2.45) is 0 Å². The van der Waals surface area contributed by atoms with E-state index in [0.29, 0.717) is 5.69 Å². The fraction of sp³-hybridized carbons (Fsp3) is 0.316. The minimum Gasteiger partial charge on any atom is -0.370 e. The standard InChI is InChI=1S/C19H21FN2O3S/c20-15-7-9-16(10-8-15)26(24,25)14-11-19(23)21-17-5-1-2-6-18(17)22-12-3-4-13-22/h1-2,5-10H,3-4,11-14H2,(H,21,23). The average molecular weight is 376 g/mol. The van der Waals surface area contributed by atoms with Crippen molar-refractivity contribution < 1.29 is 17.6 Å². The van der Waals surface area contributed by atoms with Crippen molar-refractivity contribution in [3.8, 4) is 0 Å². The largest absolute Gasteiger partial charge is 0.370 e. The topological polar surface area (TPSA) is 66.5 Å². The molecule has 1 heterocycles. The second kappa shape index (κ2) is 7.86. The van der Waals surface area contributed by atoms with Gasteiger partial charge in [0.05, 0.1) is 22.0 Å². The molecule has 0 unspecified atom stereocenters. The Morgan fingerprint density at radius 3 is 2.38 bits per heavy atom. The van der Waals surface area contributed by atoms with E-state index in [-0.39, 0.29) is 23.0 Å². The lowest BCUT2D eigenvalue weighted by atomic mass is 10.2. The first kappa shape index (κ1) is 18.4. The number of hydrogen-bond acceptors (Lipinski definition) is 4. The third-order valence-corrected chi connectivity index (χ3v) is 6.13. The third-order valence-electron chi connectivity index (χ3n) is 4.40. The predicted molar refractivity (Wildman–Crippen MR) is 99.6 cm³/mol. The molecule has 1 fully saturated rings. The molecule has 3 rings (SSSR count). The van der Waals surface area contributed by atoms with Crippen LogP contribution in [0.15, 0.2) is 53.4 Å². The Hall–Kier alpha value is -2.41. The van der Waals surface area contributed by atoms with Crippen molar-refractivity contribution >= 4 is 27.1 Å². The Labute approximate surface area is 152 Å². The van der Waals surface area contributed by atoms with E-state index in [1.165, 1.54) is 12.1 Å². The van der Waals surface area contributed by atoms with Gasteiger partial charge in [-0.05, 0) is 49.2 Å². The maximum atomic E-state index is 12.9. The molecular formula is C19H21FN2O3S. The number of carbonyl (C=O) groups excluding carboxylic acids is 1. The quantitative estimate of drug-likeness (QED) is 0.786. The highest BCUT2D eigenvalue weighted by molar-refractivity contribution is 7.91. The predicted octanol–water partition coefficient (Wildman–Crippen LogP) is 3.23. The summed E-state index contributed by atoms with van der Waals surface area (Å²) in [5.41, 5.74) is 1.65. The van der Waals surface area contributed by atoms with Gasteiger partial charge in [0.1, 0.15) is 5.82 Å². The van der Waals surface area contributed by atoms with E-state index in [9.17, 15) is 17.6 Å². The molecule has 1 amide bonds. The van der Waals surface area contributed by atoms with E-state index in [1.54, 1.807) is 0 Å². The zero-order chi connectivity index (χ0) is 18.6. The molecule has 138 valence electrons. The lowest BCUT2D eigenvalue weighted by Crippen LogP contribution is -2.22. The van der Waals surface area contributed by atoms with Crippen molar-refractivity contribution in [1.29, 1.82) is 0 Å². The highest BCUT2D eigenvalue weighted by Gasteiger charge is 2.19. The summed E-state index contributed by atoms with van der Waals surface area (Å²) in [4.78, 5) is 14.5. The molecule has 1 saturated heterocycles. The van der Waals surface area contributed by atoms with Crippen LogP contribution in [-0.4, -0.2) is 33.2 Å². The number of amides is 1. The van der Waals surface area contributed by atoms with Crippen LogP contribution in [0.1, 0.15) is 19.3 Å². The van der Waals surface area contributed by atoms with Gasteiger partial charge in [-0.15, -0.1) is 0 Å². The smallest absolute Gasteiger partial charge is 0.225 e. The molecule has 0 radical (unpaired) electrons. The molecule has 2 aromatic carbocycles. The summed E-state index contributed by atoms with van der Waals surface area (Å²) < 4.78 is 37.5. The van der Waals surface area contributed by atoms with E-state index in [2.05, 4.69) is 10.2 Å². The van der Waals surface area contributed by atoms with Gasteiger partial charge in [-0.25, -0.2) is 12.8 Å². The van der Waals surface area contributed by atoms with Gasteiger partial charge >= 0.3 is 0 Å². The molecule has 5 nitrogen and oxygen atoms in total. The lowest BCUT2D eigenvalue weighted by molar-refractivity contribution is -0.115. The maximum absolute atomic E-state index is 12.9. The van der Waals surface area contributed by atoms with Crippen molar-refractivity contribution in [2.45, 2.75) is 24.2 Å². The summed E-state index contributed by atoms with van der Waals surface area (Å²) in [6.45, 7) is 1.90. The highest BCUT2D eigenvalue weighted by Crippen LogP contribution is 2.28. The van der Waals surface area contributed by atoms with E-state index in [1.807, 2.05) is 24.3 Å². The number of carbonyl (C=O) groups is 1. The van der Waals surface area contributed by atoms with E-state index in [4.69, 9.17) is 0 Å². The monoisotopic (exact) mass is 376 g/mol. The van der Waals surface area contributed by atoms with Crippen molar-refractivity contribution in [1.82, 2.24) is 0 Å². The van der Waals surface area contributed by atoms with Gasteiger partial charge in [0.25, 0.3) is 0 Å². The molecule has 7 heteroatoms. The van der Waals surface area contributed by atoms with Gasteiger partial charge in [0, 0.05) is 19.5 Å². The first-order chi connectivity index (χ1) is 12.5. The molecule has 2 aromatic rings. The van der Waals surface area contributed by atoms with E-state index >= 15 is 0 Å². The van der Waals surface area contributed by atoms with Gasteiger partial charge < -0.3 is 10.2 Å². The van der Waals surface area contributed by atoms with Gasteiger partial charge in [0.15, 0.2) is 9.84 Å². The molecule has 0 aliphatic carbocycles. The van der Waals surface area contributed by atoms with Crippen LogP contribution in [0.4, 0.5) is 15.8 Å². The van der Waals surface area contributed by atoms with Crippen LogP contribution in [0.5, 0.6) is 0 Å². The molecule has 1 aliphatic heterocycles. The Morgan fingerprint density at radius 1 is 1.04 bits per heavy atom. The molecule has 0 atom stereocenters. The summed E-state index contributed by atoms with van der Waals surface area (Å²) >= 11 is 0. The summed E-state index contributed by atoms with van der Waals surface area (Å²) in [7, 11) is -3.63. The molecule has 0 saturated carbocycles. The van der Waals surface area contributed by atoms with Crippen molar-refractivity contribution in [3.63, 3.8) is 0 Å². The number of hydrogen-bond donors (Lipinski definition) is 1. The Balaban J connectivity index is 1.63. The second-order valence-electron chi connectivity index (χ2n) is 6.28. The summed E-state index contributed by atoms with van der Waals surface area (Å²) in [5.74, 6) is -1.18. The zero-order valence-electron chi connectivity index (χ0n) is 14.3. The van der Waals surface area contributed by atoms with Crippen LogP contribution in [0, 0.1) is 5.82 Å². The summed E-state index contributed by atoms with van der Waals surface area (Å²) in [5, 5.41) is 2.82. The Bertz CT molecular complexity index is 876. The number of sulfone groups is 1. The first-order valence-corrected chi connectivity index (χ1v) is 10.2. The van der Waals surface area contributed by atoms with Gasteiger partial charge in [0.2, 0.25) is 5.91 Å². The normalized spacial score (nSPS) is 14.4. The molecule has 1 N–H and O–H groups in total. The summed E-state index contributed by atoms with van der Waals surface area (Å²) in [6, 6.07) is 12.2. The van der Waals surface area contributed by atoms with Crippen LogP contribution in [0.25, 0.3) is 0 Å². The minimum absolute atomic E-state index is 0.0177. The Kier molecular flexibility index (Phi) is 5.56. The lowest BCUT2D eigenvalue weighted by Gasteiger charge is -2.21. The molecule has 0 spiro atoms. The molecular weight excluding hydrogens is 355 g/mol. The van der Waals surface area contributed by atoms with Crippen LogP contribution < -0.4 is 10.2 Å². The number of nitrogens with zero attached hydrogens (tertiary/aromatic N) is 1. The van der Waals surface area contributed by atoms with Gasteiger partial charge in [-0.1, -0.05) is 12.1 Å². The number of benzene rings is 2. The Morgan fingerprint density at radius 2 is 1.69 bits per heavy atom. The maximum Gasteiger partial charge on any atom is 0.225 e. The van der Waals surface area contributed by atoms with Crippen molar-refractivity contribution in [2.75, 3.05) is 29.1 Å². The fourth-order valence-electron chi connectivity index (χ4n) is 3.01. The molecule has 0 bridgehead atoms. The van der Waals surface area contributed by atoms with Crippen LogP contribution >= 0.6 is 0 Å². The van der Waals surface area contributed by atoms with Crippen molar-refractivity contribution in [3.05, 3.63) is 54.3 Å². The van der Waals surface area contributed by atoms with E-state index in [0.717, 1.165) is 43.8 Å². The van der Waals surface area contributed by atoms with Gasteiger partial charge in [-0.2, -0.15) is 0 Å². The number of anilines is 2. The third kappa shape index (κ3) is 4.40. The first-order valence-electron chi connectivity index (χ1n) is 8.58. The average Bonchev–Trinajstić information content (AvgIpc) is 3.15. The SMILES string of the molecule is O=C(CCS(=O)(=O)c1ccc(F)cc1)Nc1ccccc1N1CCCC1. The summed E-state index contributed by atoms with van der Waals surface area (Å²) in [6.07, 6.45) is 2.09. The van der Waals surface area contributed by atoms with Gasteiger partial charge in [-0.3, -0.25) is 4.79 Å². The number of halogens is 1. The zero-order valence-corrected chi connectivity index (χ0v) is 15.1. The molecule has 26 heavy (non-hydrogen) atoms. The number of rotatable bonds is 6. The van der Waals surface area contributed by atoms with Crippen LogP contribution in [0.2, 0.25) is 0 Å². The van der Waals surface area contributed by atoms with Crippen LogP contribution in [-0.2, 0) is 14.6 Å². The number of nitrogens with one attached hydrogen (secondary N) is 1. The molecule has 1 aliphatic rings. The minimum atomic E-state index is -3.63. The molecule has 0 aromatic heterocycles. The number of para-hydroxylation sites is 2.